The number of hydrogen-bond acceptors (Lipinski definition) is 4. The number of rotatable bonds is 6. The monoisotopic (exact) mass is 460 g/mol. The van der Waals surface area contributed by atoms with Gasteiger partial charge in [0.2, 0.25) is 0 Å². The molecular weight excluding hydrogens is 436 g/mol. The number of halogens is 1. The Hall–Kier alpha value is -1.86. The second-order valence-corrected chi connectivity index (χ2v) is 11.5. The third kappa shape index (κ3) is 4.02. The first-order valence-electron chi connectivity index (χ1n) is 9.84. The molecular formula is C23H25ClN2O2S2. The van der Waals surface area contributed by atoms with Crippen LogP contribution in [0.3, 0.4) is 0 Å². The summed E-state index contributed by atoms with van der Waals surface area (Å²) in [4.78, 5) is 2.17. The minimum atomic E-state index is -3.69. The number of benzene rings is 2. The molecule has 2 aromatic carbocycles. The van der Waals surface area contributed by atoms with Crippen LogP contribution in [0.2, 0.25) is 5.02 Å². The van der Waals surface area contributed by atoms with Crippen LogP contribution in [0.15, 0.2) is 46.2 Å². The fraction of sp³-hybridized carbons (Fsp3) is 0.304. The number of thiophene rings is 1. The van der Waals surface area contributed by atoms with Gasteiger partial charge in [-0.25, -0.2) is 8.42 Å². The van der Waals surface area contributed by atoms with Gasteiger partial charge in [-0.2, -0.15) is 0 Å². The van der Waals surface area contributed by atoms with Crippen molar-refractivity contribution in [3.8, 4) is 0 Å². The summed E-state index contributed by atoms with van der Waals surface area (Å²) in [7, 11) is 0.441. The minimum Gasteiger partial charge on any atom is -0.309 e. The Labute approximate surface area is 187 Å². The summed E-state index contributed by atoms with van der Waals surface area (Å²) in [5.74, 6) is 0. The lowest BCUT2D eigenvalue weighted by molar-refractivity contribution is 0.419. The Morgan fingerprint density at radius 2 is 1.90 bits per heavy atom. The smallest absolute Gasteiger partial charge is 0.271 e. The standard InChI is InChI=1S/C23H25ClN2O2S2/c1-14-11-16-5-7-18(13-21(16)19(14)9-10-26(3)4)25-30(27,28)23-15(2)20-12-17(24)6-8-22(20)29-23/h5-8,12-13,25H,9-11H2,1-4H3. The molecule has 0 unspecified atom stereocenters. The minimum absolute atomic E-state index is 0.333. The predicted molar refractivity (Wildman–Crippen MR) is 128 cm³/mol. The summed E-state index contributed by atoms with van der Waals surface area (Å²) in [5, 5.41) is 1.48. The average molecular weight is 461 g/mol. The number of aryl methyl sites for hydroxylation is 1. The van der Waals surface area contributed by atoms with E-state index >= 15 is 0 Å². The van der Waals surface area contributed by atoms with Crippen LogP contribution in [0, 0.1) is 6.92 Å². The third-order valence-corrected chi connectivity index (χ3v) is 9.08. The van der Waals surface area contributed by atoms with Gasteiger partial charge in [-0.1, -0.05) is 23.2 Å². The molecule has 0 bridgehead atoms. The van der Waals surface area contributed by atoms with E-state index in [0.29, 0.717) is 14.9 Å². The number of allylic oxidation sites excluding steroid dienone is 1. The highest BCUT2D eigenvalue weighted by atomic mass is 35.5. The van der Waals surface area contributed by atoms with Crippen molar-refractivity contribution in [1.29, 1.82) is 0 Å². The van der Waals surface area contributed by atoms with Gasteiger partial charge in [-0.3, -0.25) is 4.72 Å². The second kappa shape index (κ2) is 8.00. The molecule has 1 aromatic heterocycles. The largest absolute Gasteiger partial charge is 0.309 e. The van der Waals surface area contributed by atoms with Crippen LogP contribution in [0.1, 0.15) is 30.0 Å². The van der Waals surface area contributed by atoms with Gasteiger partial charge < -0.3 is 4.90 Å². The highest BCUT2D eigenvalue weighted by Crippen LogP contribution is 2.39. The van der Waals surface area contributed by atoms with Gasteiger partial charge in [0.05, 0.1) is 0 Å². The zero-order valence-electron chi connectivity index (χ0n) is 17.5. The molecule has 0 spiro atoms. The van der Waals surface area contributed by atoms with Gasteiger partial charge in [0.25, 0.3) is 10.0 Å². The number of anilines is 1. The topological polar surface area (TPSA) is 49.4 Å². The van der Waals surface area contributed by atoms with Gasteiger partial charge in [0, 0.05) is 22.0 Å². The van der Waals surface area contributed by atoms with E-state index in [0.717, 1.165) is 40.6 Å². The molecule has 3 aromatic rings. The van der Waals surface area contributed by atoms with Crippen molar-refractivity contribution >= 4 is 54.3 Å². The molecule has 0 radical (unpaired) electrons. The van der Waals surface area contributed by atoms with E-state index in [1.54, 1.807) is 6.07 Å². The third-order valence-electron chi connectivity index (χ3n) is 5.57. The number of hydrogen-bond donors (Lipinski definition) is 1. The molecule has 0 fully saturated rings. The van der Waals surface area contributed by atoms with Crippen LogP contribution in [-0.4, -0.2) is 34.0 Å². The van der Waals surface area contributed by atoms with Crippen molar-refractivity contribution in [2.24, 2.45) is 0 Å². The van der Waals surface area contributed by atoms with E-state index in [2.05, 4.69) is 30.6 Å². The summed E-state index contributed by atoms with van der Waals surface area (Å²) in [6, 6.07) is 11.4. The first-order valence-corrected chi connectivity index (χ1v) is 12.5. The van der Waals surface area contributed by atoms with Crippen LogP contribution in [-0.2, 0) is 16.4 Å². The Balaban J connectivity index is 1.66. The molecule has 1 aliphatic rings. The fourth-order valence-corrected chi connectivity index (χ4v) is 6.98. The first-order chi connectivity index (χ1) is 14.2. The highest BCUT2D eigenvalue weighted by molar-refractivity contribution is 7.94. The van der Waals surface area contributed by atoms with Gasteiger partial charge in [-0.15, -0.1) is 11.3 Å². The molecule has 30 heavy (non-hydrogen) atoms. The zero-order valence-corrected chi connectivity index (χ0v) is 19.9. The zero-order chi connectivity index (χ0) is 21.6. The number of nitrogens with one attached hydrogen (secondary N) is 1. The predicted octanol–water partition coefficient (Wildman–Crippen LogP) is 5.95. The molecule has 4 nitrogen and oxygen atoms in total. The maximum Gasteiger partial charge on any atom is 0.271 e. The van der Waals surface area contributed by atoms with Gasteiger partial charge in [0.1, 0.15) is 4.21 Å². The molecule has 1 heterocycles. The summed E-state index contributed by atoms with van der Waals surface area (Å²) >= 11 is 7.37. The maximum absolute atomic E-state index is 13.2. The number of nitrogens with zero attached hydrogens (tertiary/aromatic N) is 1. The molecule has 0 aliphatic heterocycles. The molecule has 1 N–H and O–H groups in total. The van der Waals surface area contributed by atoms with Gasteiger partial charge in [-0.05, 0) is 98.8 Å². The van der Waals surface area contributed by atoms with E-state index in [1.807, 2.05) is 37.3 Å². The molecule has 0 saturated carbocycles. The number of fused-ring (bicyclic) bond motifs is 2. The van der Waals surface area contributed by atoms with Gasteiger partial charge >= 0.3 is 0 Å². The van der Waals surface area contributed by atoms with Crippen molar-refractivity contribution in [3.63, 3.8) is 0 Å². The van der Waals surface area contributed by atoms with Crippen LogP contribution in [0.25, 0.3) is 15.7 Å². The fourth-order valence-electron chi connectivity index (χ4n) is 4.01. The Bertz CT molecular complexity index is 1270. The SMILES string of the molecule is CC1=C(CCN(C)C)c2cc(NS(=O)(=O)c3sc4ccc(Cl)cc4c3C)ccc2C1. The van der Waals surface area contributed by atoms with E-state index in [4.69, 9.17) is 11.6 Å². The van der Waals surface area contributed by atoms with Crippen molar-refractivity contribution in [1.82, 2.24) is 4.90 Å². The van der Waals surface area contributed by atoms with Crippen LogP contribution < -0.4 is 4.72 Å². The Morgan fingerprint density at radius 3 is 2.63 bits per heavy atom. The molecule has 1 aliphatic carbocycles. The van der Waals surface area contributed by atoms with E-state index < -0.39 is 10.0 Å². The van der Waals surface area contributed by atoms with Crippen molar-refractivity contribution < 1.29 is 8.42 Å². The molecule has 7 heteroatoms. The highest BCUT2D eigenvalue weighted by Gasteiger charge is 2.24. The normalized spacial score (nSPS) is 14.1. The second-order valence-electron chi connectivity index (χ2n) is 8.12. The van der Waals surface area contributed by atoms with Crippen molar-refractivity contribution in [2.45, 2.75) is 30.9 Å². The van der Waals surface area contributed by atoms with E-state index in [1.165, 1.54) is 28.0 Å². The quantitative estimate of drug-likeness (QED) is 0.494. The lowest BCUT2D eigenvalue weighted by Gasteiger charge is -2.14. The maximum atomic E-state index is 13.2. The van der Waals surface area contributed by atoms with Crippen molar-refractivity contribution in [2.75, 3.05) is 25.4 Å². The summed E-state index contributed by atoms with van der Waals surface area (Å²) in [6.07, 6.45) is 1.89. The first kappa shape index (κ1) is 21.4. The lowest BCUT2D eigenvalue weighted by Crippen LogP contribution is -2.14. The molecule has 0 saturated heterocycles. The van der Waals surface area contributed by atoms with Crippen LogP contribution in [0.5, 0.6) is 0 Å². The van der Waals surface area contributed by atoms with E-state index in [9.17, 15) is 8.42 Å². The van der Waals surface area contributed by atoms with Crippen LogP contribution in [0.4, 0.5) is 5.69 Å². The summed E-state index contributed by atoms with van der Waals surface area (Å²) in [6.45, 7) is 4.96. The molecule has 0 atom stereocenters. The average Bonchev–Trinajstić information content (AvgIpc) is 3.16. The van der Waals surface area contributed by atoms with Gasteiger partial charge in [0.15, 0.2) is 0 Å². The lowest BCUT2D eigenvalue weighted by atomic mass is 10.0. The Kier molecular flexibility index (Phi) is 5.70. The molecule has 158 valence electrons. The van der Waals surface area contributed by atoms with E-state index in [-0.39, 0.29) is 0 Å². The molecule has 4 rings (SSSR count). The number of sulfonamides is 1. The Morgan fingerprint density at radius 1 is 1.13 bits per heavy atom. The van der Waals surface area contributed by atoms with Crippen LogP contribution >= 0.6 is 22.9 Å². The molecule has 0 amide bonds. The summed E-state index contributed by atoms with van der Waals surface area (Å²) < 4.78 is 30.4. The summed E-state index contributed by atoms with van der Waals surface area (Å²) in [5.41, 5.74) is 6.44. The van der Waals surface area contributed by atoms with Crippen molar-refractivity contribution in [3.05, 3.63) is 63.7 Å².